The Morgan fingerprint density at radius 3 is 2.68 bits per heavy atom. The molecule has 4 atom stereocenters. The van der Waals surface area contributed by atoms with Crippen molar-refractivity contribution in [3.8, 4) is 0 Å². The molecule has 2 fully saturated rings. The van der Waals surface area contributed by atoms with Gasteiger partial charge < -0.3 is 29.9 Å². The molecule has 2 N–H and O–H groups in total. The summed E-state index contributed by atoms with van der Waals surface area (Å²) in [5.41, 5.74) is 0.158. The fourth-order valence-corrected chi connectivity index (χ4v) is 5.84. The van der Waals surface area contributed by atoms with Gasteiger partial charge in [-0.15, -0.1) is 11.3 Å². The maximum Gasteiger partial charge on any atom is 1.00 e. The zero-order chi connectivity index (χ0) is 21.7. The predicted molar refractivity (Wildman–Crippen MR) is 108 cm³/mol. The van der Waals surface area contributed by atoms with Gasteiger partial charge in [0.1, 0.15) is 10.7 Å². The number of hydrogen-bond acceptors (Lipinski definition) is 9. The van der Waals surface area contributed by atoms with Gasteiger partial charge in [0.2, 0.25) is 5.91 Å². The Morgan fingerprint density at radius 2 is 2.10 bits per heavy atom. The normalized spacial score (nSPS) is 26.5. The minimum atomic E-state index is -1.42. The average Bonchev–Trinajstić information content (AvgIpc) is 3.20. The third-order valence-electron chi connectivity index (χ3n) is 5.60. The predicted octanol–water partition coefficient (Wildman–Crippen LogP) is -3.51. The Bertz CT molecular complexity index is 972. The molecule has 0 aliphatic carbocycles. The molecule has 1 aromatic heterocycles. The average molecular weight is 474 g/mol. The smallest absolute Gasteiger partial charge is 0.543 e. The first kappa shape index (κ1) is 24.4. The first-order valence-corrected chi connectivity index (χ1v) is 11.2. The number of rotatable bonds is 6. The van der Waals surface area contributed by atoms with E-state index in [0.29, 0.717) is 28.7 Å². The zero-order valence-corrected chi connectivity index (χ0v) is 20.9. The van der Waals surface area contributed by atoms with Crippen LogP contribution in [0.15, 0.2) is 21.4 Å². The number of fused-ring (bicyclic) bond motifs is 1. The summed E-state index contributed by atoms with van der Waals surface area (Å²) < 4.78 is 0. The number of carboxylic acid groups (broad SMARTS) is 1. The number of β-lactam (4-membered cyclic amide) rings is 1. The summed E-state index contributed by atoms with van der Waals surface area (Å²) in [5.74, 6) is -2.93. The number of amides is 2. The van der Waals surface area contributed by atoms with Gasteiger partial charge >= 0.3 is 29.6 Å². The standard InChI is InChI=1S/C19H21N3O6S2.Na/c1-8-14-13(9(2)23)18(26)22(14)15(19(27)28)16(8)29-4-3-12-20-11(7-30-12)17(25)21-5-10(24)6-21;/h3-4,7-10,13-14,23-24H,5-6H2,1-2H3,(H,27,28);/q;+1/p-1/b4-3-;/t8-,9-,13-,14-;/m1./s1. The fourth-order valence-electron chi connectivity index (χ4n) is 4.08. The van der Waals surface area contributed by atoms with Crippen molar-refractivity contribution in [2.24, 2.45) is 11.8 Å². The van der Waals surface area contributed by atoms with Gasteiger partial charge in [-0.25, -0.2) is 4.98 Å². The topological polar surface area (TPSA) is 134 Å². The minimum Gasteiger partial charge on any atom is -0.543 e. The number of aliphatic hydroxyl groups is 2. The number of aliphatic hydroxyl groups excluding tert-OH is 2. The van der Waals surface area contributed by atoms with E-state index in [1.165, 1.54) is 39.8 Å². The maximum absolute atomic E-state index is 12.3. The van der Waals surface area contributed by atoms with Crippen molar-refractivity contribution in [2.75, 3.05) is 13.1 Å². The summed E-state index contributed by atoms with van der Waals surface area (Å²) in [6.45, 7) is 3.96. The van der Waals surface area contributed by atoms with Crippen LogP contribution in [-0.4, -0.2) is 74.1 Å². The molecule has 0 aromatic carbocycles. The summed E-state index contributed by atoms with van der Waals surface area (Å²) >= 11 is 2.44. The Labute approximate surface area is 209 Å². The Morgan fingerprint density at radius 1 is 1.42 bits per heavy atom. The molecule has 2 amide bonds. The van der Waals surface area contributed by atoms with Gasteiger partial charge in [0, 0.05) is 29.3 Å². The van der Waals surface area contributed by atoms with Gasteiger partial charge in [-0.2, -0.15) is 0 Å². The Kier molecular flexibility index (Phi) is 7.36. The van der Waals surface area contributed by atoms with Gasteiger partial charge in [-0.05, 0) is 18.4 Å². The molecule has 4 rings (SSSR count). The molecule has 4 heterocycles. The van der Waals surface area contributed by atoms with E-state index in [9.17, 15) is 29.7 Å². The Balaban J connectivity index is 0.00000272. The number of aromatic nitrogens is 1. The molecule has 0 unspecified atom stereocenters. The van der Waals surface area contributed by atoms with E-state index in [0.717, 1.165) is 0 Å². The molecule has 31 heavy (non-hydrogen) atoms. The van der Waals surface area contributed by atoms with Gasteiger partial charge in [0.25, 0.3) is 5.91 Å². The van der Waals surface area contributed by atoms with E-state index >= 15 is 0 Å². The van der Waals surface area contributed by atoms with Gasteiger partial charge in [0.15, 0.2) is 0 Å². The minimum absolute atomic E-state index is 0. The van der Waals surface area contributed by atoms with Crippen LogP contribution in [0.1, 0.15) is 29.3 Å². The van der Waals surface area contributed by atoms with Crippen molar-refractivity contribution in [3.63, 3.8) is 0 Å². The van der Waals surface area contributed by atoms with E-state index in [-0.39, 0.29) is 47.1 Å². The molecule has 0 saturated carbocycles. The van der Waals surface area contributed by atoms with Crippen LogP contribution >= 0.6 is 23.1 Å². The maximum atomic E-state index is 12.3. The fraction of sp³-hybridized carbons (Fsp3) is 0.474. The van der Waals surface area contributed by atoms with E-state index in [1.54, 1.807) is 16.9 Å². The summed E-state index contributed by atoms with van der Waals surface area (Å²) in [6, 6.07) is -0.391. The van der Waals surface area contributed by atoms with Gasteiger partial charge in [0.05, 0.1) is 35.8 Å². The molecular formula is C19H20N3NaO6S2. The van der Waals surface area contributed by atoms with Gasteiger partial charge in [-0.3, -0.25) is 9.59 Å². The number of nitrogens with zero attached hydrogens (tertiary/aromatic N) is 3. The molecular weight excluding hydrogens is 453 g/mol. The molecule has 160 valence electrons. The quantitative estimate of drug-likeness (QED) is 0.321. The third kappa shape index (κ3) is 4.24. The second kappa shape index (κ2) is 9.34. The second-order valence-corrected chi connectivity index (χ2v) is 9.45. The zero-order valence-electron chi connectivity index (χ0n) is 17.2. The summed E-state index contributed by atoms with van der Waals surface area (Å²) in [6.07, 6.45) is 0.338. The van der Waals surface area contributed by atoms with E-state index in [2.05, 4.69) is 4.98 Å². The molecule has 2 saturated heterocycles. The largest absolute Gasteiger partial charge is 1.00 e. The van der Waals surface area contributed by atoms with Crippen molar-refractivity contribution in [1.82, 2.24) is 14.8 Å². The number of carboxylic acids is 1. The molecule has 1 aromatic rings. The number of aliphatic carboxylic acids is 1. The van der Waals surface area contributed by atoms with E-state index < -0.39 is 36.0 Å². The monoisotopic (exact) mass is 473 g/mol. The van der Waals surface area contributed by atoms with Crippen molar-refractivity contribution < 1.29 is 59.3 Å². The first-order chi connectivity index (χ1) is 14.2. The third-order valence-corrected chi connectivity index (χ3v) is 7.50. The number of thiazole rings is 1. The number of thioether (sulfide) groups is 1. The second-order valence-electron chi connectivity index (χ2n) is 7.61. The van der Waals surface area contributed by atoms with Crippen LogP contribution in [0, 0.1) is 11.8 Å². The van der Waals surface area contributed by atoms with Crippen LogP contribution in [0.5, 0.6) is 0 Å². The summed E-state index contributed by atoms with van der Waals surface area (Å²) in [7, 11) is 0. The molecule has 3 aliphatic heterocycles. The number of β-amino-alcohol motifs (C(OH)–C–C–N with tert-alkyl or cyclic N) is 1. The Hall–Kier alpha value is -1.21. The summed E-state index contributed by atoms with van der Waals surface area (Å²) in [5, 5.41) is 34.7. The van der Waals surface area contributed by atoms with Crippen molar-refractivity contribution in [2.45, 2.75) is 32.1 Å². The molecule has 3 aliphatic rings. The van der Waals surface area contributed by atoms with Crippen LogP contribution in [-0.2, 0) is 9.59 Å². The van der Waals surface area contributed by atoms with Crippen LogP contribution < -0.4 is 34.7 Å². The number of carbonyl (C=O) groups excluding carboxylic acids is 3. The summed E-state index contributed by atoms with van der Waals surface area (Å²) in [4.78, 5) is 43.7. The van der Waals surface area contributed by atoms with Crippen LogP contribution in [0.3, 0.4) is 0 Å². The number of likely N-dealkylation sites (tertiary alicyclic amines) is 1. The molecule has 12 heteroatoms. The number of hydrogen-bond donors (Lipinski definition) is 2. The van der Waals surface area contributed by atoms with Crippen molar-refractivity contribution in [1.29, 1.82) is 0 Å². The van der Waals surface area contributed by atoms with Crippen LogP contribution in [0.25, 0.3) is 6.08 Å². The van der Waals surface area contributed by atoms with Crippen LogP contribution in [0.2, 0.25) is 0 Å². The van der Waals surface area contributed by atoms with Gasteiger partial charge in [-0.1, -0.05) is 18.7 Å². The van der Waals surface area contributed by atoms with Crippen molar-refractivity contribution >= 4 is 47.0 Å². The molecule has 0 spiro atoms. The van der Waals surface area contributed by atoms with E-state index in [1.807, 2.05) is 6.92 Å². The number of carbonyl (C=O) groups is 3. The molecule has 9 nitrogen and oxygen atoms in total. The SMILES string of the molecule is C[C@@H](O)[C@H]1C(=O)N2C(C(=O)[O-])=C(S/C=C\c3nc(C(=O)N4CC(O)C4)cs3)[C@H](C)[C@H]12.[Na+]. The molecule has 0 radical (unpaired) electrons. The van der Waals surface area contributed by atoms with E-state index in [4.69, 9.17) is 0 Å². The van der Waals surface area contributed by atoms with Crippen LogP contribution in [0.4, 0.5) is 0 Å². The first-order valence-electron chi connectivity index (χ1n) is 9.43. The van der Waals surface area contributed by atoms with Crippen molar-refractivity contribution in [3.05, 3.63) is 32.1 Å². The molecule has 0 bridgehead atoms.